The van der Waals surface area contributed by atoms with Gasteiger partial charge in [-0.15, -0.1) is 0 Å². The Morgan fingerprint density at radius 3 is 2.61 bits per heavy atom. The second-order valence-corrected chi connectivity index (χ2v) is 4.93. The standard InChI is InChI=1S/C15H25NO2/c1-3-13(8-9-17)11-16-12(2)10-14-6-4-5-7-15(14)18/h4-7,12-13,16-18H,3,8-11H2,1-2H3. The molecule has 0 saturated heterocycles. The molecule has 3 nitrogen and oxygen atoms in total. The van der Waals surface area contributed by atoms with Crippen LogP contribution in [0.25, 0.3) is 0 Å². The highest BCUT2D eigenvalue weighted by molar-refractivity contribution is 5.32. The zero-order valence-corrected chi connectivity index (χ0v) is 11.4. The maximum absolute atomic E-state index is 9.71. The summed E-state index contributed by atoms with van der Waals surface area (Å²) < 4.78 is 0. The van der Waals surface area contributed by atoms with E-state index >= 15 is 0 Å². The van der Waals surface area contributed by atoms with Gasteiger partial charge in [-0.05, 0) is 43.9 Å². The molecule has 0 fully saturated rings. The predicted octanol–water partition coefficient (Wildman–Crippen LogP) is 2.32. The third-order valence-electron chi connectivity index (χ3n) is 3.39. The number of rotatable bonds is 8. The van der Waals surface area contributed by atoms with Crippen molar-refractivity contribution in [2.24, 2.45) is 5.92 Å². The van der Waals surface area contributed by atoms with Crippen LogP contribution in [0.5, 0.6) is 5.75 Å². The fourth-order valence-corrected chi connectivity index (χ4v) is 2.09. The normalized spacial score (nSPS) is 14.4. The van der Waals surface area contributed by atoms with Gasteiger partial charge in [-0.1, -0.05) is 31.5 Å². The van der Waals surface area contributed by atoms with E-state index in [0.29, 0.717) is 17.7 Å². The summed E-state index contributed by atoms with van der Waals surface area (Å²) in [4.78, 5) is 0. The van der Waals surface area contributed by atoms with Crippen LogP contribution in [-0.4, -0.2) is 29.4 Å². The molecule has 18 heavy (non-hydrogen) atoms. The fourth-order valence-electron chi connectivity index (χ4n) is 2.09. The van der Waals surface area contributed by atoms with Gasteiger partial charge < -0.3 is 15.5 Å². The van der Waals surface area contributed by atoms with Crippen molar-refractivity contribution < 1.29 is 10.2 Å². The van der Waals surface area contributed by atoms with Gasteiger partial charge in [-0.25, -0.2) is 0 Å². The first kappa shape index (κ1) is 15.0. The zero-order chi connectivity index (χ0) is 13.4. The second kappa shape index (κ2) is 8.11. The Kier molecular flexibility index (Phi) is 6.76. The number of nitrogens with one attached hydrogen (secondary N) is 1. The largest absolute Gasteiger partial charge is 0.508 e. The summed E-state index contributed by atoms with van der Waals surface area (Å²) in [6, 6.07) is 7.79. The van der Waals surface area contributed by atoms with Gasteiger partial charge in [0.2, 0.25) is 0 Å². The molecule has 102 valence electrons. The molecule has 2 atom stereocenters. The van der Waals surface area contributed by atoms with Crippen molar-refractivity contribution in [1.82, 2.24) is 5.32 Å². The molecule has 3 heteroatoms. The molecule has 0 spiro atoms. The number of phenolic OH excluding ortho intramolecular Hbond substituents is 1. The van der Waals surface area contributed by atoms with Crippen LogP contribution < -0.4 is 5.32 Å². The minimum Gasteiger partial charge on any atom is -0.508 e. The van der Waals surface area contributed by atoms with E-state index in [-0.39, 0.29) is 6.61 Å². The highest BCUT2D eigenvalue weighted by Crippen LogP contribution is 2.17. The third kappa shape index (κ3) is 5.07. The van der Waals surface area contributed by atoms with Gasteiger partial charge in [0.05, 0.1) is 0 Å². The van der Waals surface area contributed by atoms with Gasteiger partial charge in [0.25, 0.3) is 0 Å². The Morgan fingerprint density at radius 2 is 2.00 bits per heavy atom. The van der Waals surface area contributed by atoms with Crippen molar-refractivity contribution in [3.63, 3.8) is 0 Å². The average molecular weight is 251 g/mol. The molecule has 0 aliphatic carbocycles. The molecule has 1 aromatic carbocycles. The Balaban J connectivity index is 2.37. The van der Waals surface area contributed by atoms with Crippen molar-refractivity contribution in [2.75, 3.05) is 13.2 Å². The van der Waals surface area contributed by atoms with E-state index in [1.165, 1.54) is 0 Å². The topological polar surface area (TPSA) is 52.5 Å². The summed E-state index contributed by atoms with van der Waals surface area (Å²) in [6.45, 7) is 5.45. The molecule has 0 aliphatic heterocycles. The van der Waals surface area contributed by atoms with E-state index in [4.69, 9.17) is 5.11 Å². The van der Waals surface area contributed by atoms with Gasteiger partial charge in [0, 0.05) is 12.6 Å². The number of phenols is 1. The van der Waals surface area contributed by atoms with Gasteiger partial charge >= 0.3 is 0 Å². The van der Waals surface area contributed by atoms with Gasteiger partial charge in [0.15, 0.2) is 0 Å². The van der Waals surface area contributed by atoms with Crippen LogP contribution >= 0.6 is 0 Å². The quantitative estimate of drug-likeness (QED) is 0.664. The maximum atomic E-state index is 9.71. The summed E-state index contributed by atoms with van der Waals surface area (Å²) in [6.07, 6.45) is 2.76. The molecule has 0 radical (unpaired) electrons. The maximum Gasteiger partial charge on any atom is 0.118 e. The fraction of sp³-hybridized carbons (Fsp3) is 0.600. The summed E-state index contributed by atoms with van der Waals surface area (Å²) in [5.41, 5.74) is 0.979. The Morgan fingerprint density at radius 1 is 1.28 bits per heavy atom. The highest BCUT2D eigenvalue weighted by atomic mass is 16.3. The first-order valence-corrected chi connectivity index (χ1v) is 6.78. The Hall–Kier alpha value is -1.06. The molecule has 0 bridgehead atoms. The molecule has 0 saturated carbocycles. The number of benzene rings is 1. The van der Waals surface area contributed by atoms with E-state index in [1.807, 2.05) is 18.2 Å². The smallest absolute Gasteiger partial charge is 0.118 e. The summed E-state index contributed by atoms with van der Waals surface area (Å²) in [5.74, 6) is 0.898. The predicted molar refractivity (Wildman–Crippen MR) is 74.8 cm³/mol. The van der Waals surface area contributed by atoms with Crippen molar-refractivity contribution in [3.05, 3.63) is 29.8 Å². The Labute approximate surface area is 110 Å². The summed E-state index contributed by atoms with van der Waals surface area (Å²) in [7, 11) is 0. The molecular formula is C15H25NO2. The first-order chi connectivity index (χ1) is 8.67. The minimum absolute atomic E-state index is 0.258. The van der Waals surface area contributed by atoms with Crippen LogP contribution in [0.3, 0.4) is 0 Å². The van der Waals surface area contributed by atoms with E-state index < -0.39 is 0 Å². The van der Waals surface area contributed by atoms with Crippen molar-refractivity contribution in [1.29, 1.82) is 0 Å². The number of hydrogen-bond donors (Lipinski definition) is 3. The molecule has 0 amide bonds. The van der Waals surface area contributed by atoms with E-state index in [1.54, 1.807) is 6.07 Å². The number of aliphatic hydroxyl groups excluding tert-OH is 1. The molecule has 0 aromatic heterocycles. The number of hydrogen-bond acceptors (Lipinski definition) is 3. The second-order valence-electron chi connectivity index (χ2n) is 4.93. The summed E-state index contributed by atoms with van der Waals surface area (Å²) in [5, 5.41) is 22.1. The van der Waals surface area contributed by atoms with Crippen LogP contribution in [0.2, 0.25) is 0 Å². The molecule has 1 rings (SSSR count). The van der Waals surface area contributed by atoms with Crippen LogP contribution in [0.4, 0.5) is 0 Å². The number of para-hydroxylation sites is 1. The van der Waals surface area contributed by atoms with Crippen molar-refractivity contribution >= 4 is 0 Å². The van der Waals surface area contributed by atoms with Crippen LogP contribution in [0.1, 0.15) is 32.3 Å². The number of aliphatic hydroxyl groups is 1. The molecule has 3 N–H and O–H groups in total. The van der Waals surface area contributed by atoms with Gasteiger partial charge in [0.1, 0.15) is 5.75 Å². The van der Waals surface area contributed by atoms with Gasteiger partial charge in [-0.3, -0.25) is 0 Å². The van der Waals surface area contributed by atoms with Gasteiger partial charge in [-0.2, -0.15) is 0 Å². The van der Waals surface area contributed by atoms with Crippen molar-refractivity contribution in [2.45, 2.75) is 39.2 Å². The average Bonchev–Trinajstić information content (AvgIpc) is 2.37. The lowest BCUT2D eigenvalue weighted by atomic mass is 10.0. The third-order valence-corrected chi connectivity index (χ3v) is 3.39. The van der Waals surface area contributed by atoms with E-state index in [9.17, 15) is 5.11 Å². The Bertz CT molecular complexity index is 341. The van der Waals surface area contributed by atoms with Crippen molar-refractivity contribution in [3.8, 4) is 5.75 Å². The SMILES string of the molecule is CCC(CCO)CNC(C)Cc1ccccc1O. The lowest BCUT2D eigenvalue weighted by Gasteiger charge is -2.19. The minimum atomic E-state index is 0.258. The lowest BCUT2D eigenvalue weighted by molar-refractivity contribution is 0.249. The highest BCUT2D eigenvalue weighted by Gasteiger charge is 2.10. The van der Waals surface area contributed by atoms with E-state index in [2.05, 4.69) is 19.2 Å². The molecule has 0 heterocycles. The summed E-state index contributed by atoms with van der Waals surface area (Å²) >= 11 is 0. The number of aromatic hydroxyl groups is 1. The zero-order valence-electron chi connectivity index (χ0n) is 11.4. The molecular weight excluding hydrogens is 226 g/mol. The molecule has 0 aliphatic rings. The first-order valence-electron chi connectivity index (χ1n) is 6.78. The van der Waals surface area contributed by atoms with E-state index in [0.717, 1.165) is 31.4 Å². The van der Waals surface area contributed by atoms with Crippen LogP contribution in [0.15, 0.2) is 24.3 Å². The lowest BCUT2D eigenvalue weighted by Crippen LogP contribution is -2.33. The molecule has 2 unspecified atom stereocenters. The monoisotopic (exact) mass is 251 g/mol. The van der Waals surface area contributed by atoms with Crippen LogP contribution in [-0.2, 0) is 6.42 Å². The molecule has 1 aromatic rings. The van der Waals surface area contributed by atoms with Crippen LogP contribution in [0, 0.1) is 5.92 Å².